The van der Waals surface area contributed by atoms with Crippen LogP contribution >= 0.6 is 37.6 Å². The van der Waals surface area contributed by atoms with E-state index in [-0.39, 0.29) is 19.4 Å². The molecule has 4 bridgehead atoms. The van der Waals surface area contributed by atoms with Crippen LogP contribution in [0.2, 0.25) is 0 Å². The topological polar surface area (TPSA) is 79.5 Å². The summed E-state index contributed by atoms with van der Waals surface area (Å²) in [5, 5.41) is 16.3. The zero-order valence-electron chi connectivity index (χ0n) is 26.4. The number of benzene rings is 1. The Morgan fingerprint density at radius 2 is 1.65 bits per heavy atom. The van der Waals surface area contributed by atoms with Crippen molar-refractivity contribution in [3.63, 3.8) is 0 Å². The Labute approximate surface area is 284 Å². The minimum atomic E-state index is -4.41. The van der Waals surface area contributed by atoms with Crippen LogP contribution < -0.4 is 13.9 Å². The van der Waals surface area contributed by atoms with Crippen molar-refractivity contribution in [1.82, 2.24) is 19.7 Å². The van der Waals surface area contributed by atoms with Gasteiger partial charge in [0, 0.05) is 30.9 Å². The first-order chi connectivity index (χ1) is 21.2. The highest BCUT2D eigenvalue weighted by atomic mass is 32.1. The summed E-state index contributed by atoms with van der Waals surface area (Å²) < 4.78 is 49.0. The molecule has 0 aliphatic carbocycles. The first-order valence-electron chi connectivity index (χ1n) is 15.0. The standard InChI is InChI=1S/C32H39F3N6O2S2.H2S/c1-30(2,32(33,34)35)21-43-26-17-19-40(38-26)28-27-23-14-9-8-13-22(23)12-7-5-6-10-18-39(20-31(3,4)42)24-15-11-16-25(36-24)41(44)29(37-27)45-28;/h8-9,11,13-17,19,42,44H,5-7,10,12,18,20-21H2,1-4H3;1H2. The van der Waals surface area contributed by atoms with Crippen molar-refractivity contribution in [2.24, 2.45) is 5.41 Å². The normalized spacial score (nSPS) is 14.9. The molecule has 3 aromatic heterocycles. The first-order valence-corrected chi connectivity index (χ1v) is 16.2. The predicted octanol–water partition coefficient (Wildman–Crippen LogP) is 8.15. The van der Waals surface area contributed by atoms with Gasteiger partial charge < -0.3 is 14.7 Å². The van der Waals surface area contributed by atoms with Gasteiger partial charge in [0.05, 0.1) is 11.0 Å². The summed E-state index contributed by atoms with van der Waals surface area (Å²) in [4.78, 5) is 12.0. The zero-order chi connectivity index (χ0) is 32.4. The Kier molecular flexibility index (Phi) is 11.3. The van der Waals surface area contributed by atoms with Gasteiger partial charge in [-0.15, -0.1) is 5.10 Å². The van der Waals surface area contributed by atoms with Crippen LogP contribution in [0.5, 0.6) is 5.88 Å². The molecule has 0 fully saturated rings. The third kappa shape index (κ3) is 8.50. The van der Waals surface area contributed by atoms with E-state index in [4.69, 9.17) is 27.5 Å². The van der Waals surface area contributed by atoms with E-state index in [1.165, 1.54) is 11.3 Å². The average Bonchev–Trinajstić information content (AvgIpc) is 3.63. The molecule has 4 aromatic rings. The van der Waals surface area contributed by atoms with Crippen molar-refractivity contribution in [3.8, 4) is 22.1 Å². The molecule has 4 heterocycles. The molecule has 8 nitrogen and oxygen atoms in total. The van der Waals surface area contributed by atoms with E-state index in [1.54, 1.807) is 35.1 Å². The van der Waals surface area contributed by atoms with Gasteiger partial charge in [0.2, 0.25) is 11.0 Å². The van der Waals surface area contributed by atoms with Gasteiger partial charge in [0.25, 0.3) is 0 Å². The lowest BCUT2D eigenvalue weighted by Crippen LogP contribution is -2.39. The van der Waals surface area contributed by atoms with E-state index in [2.05, 4.69) is 16.1 Å². The second-order valence-electron chi connectivity index (χ2n) is 12.6. The van der Waals surface area contributed by atoms with Crippen LogP contribution in [0.4, 0.5) is 29.9 Å². The van der Waals surface area contributed by atoms with Crippen LogP contribution in [-0.4, -0.2) is 56.3 Å². The lowest BCUT2D eigenvalue weighted by Gasteiger charge is -2.30. The summed E-state index contributed by atoms with van der Waals surface area (Å²) in [5.41, 5.74) is -0.152. The predicted molar refractivity (Wildman–Crippen MR) is 186 cm³/mol. The molecule has 46 heavy (non-hydrogen) atoms. The SMILES string of the molecule is CC(C)(O)CN1CCCCCCc2ccccc2-c2nc(sc2-n2ccc(OCC(C)(C)C(F)(F)F)n2)N(S)c2cccc1n2.S. The maximum atomic E-state index is 13.4. The molecule has 0 spiro atoms. The third-order valence-corrected chi connectivity index (χ3v) is 9.20. The minimum absolute atomic E-state index is 0. The summed E-state index contributed by atoms with van der Waals surface area (Å²) in [6.07, 6.45) is 2.17. The minimum Gasteiger partial charge on any atom is -0.476 e. The number of aryl methyl sites for hydroxylation is 1. The average molecular weight is 695 g/mol. The van der Waals surface area contributed by atoms with Crippen molar-refractivity contribution in [1.29, 1.82) is 0 Å². The van der Waals surface area contributed by atoms with Crippen LogP contribution in [-0.2, 0) is 6.42 Å². The van der Waals surface area contributed by atoms with Crippen molar-refractivity contribution in [3.05, 3.63) is 60.3 Å². The molecule has 1 aliphatic heterocycles. The van der Waals surface area contributed by atoms with Crippen LogP contribution in [0.25, 0.3) is 16.3 Å². The van der Waals surface area contributed by atoms with Crippen LogP contribution in [0.15, 0.2) is 54.7 Å². The van der Waals surface area contributed by atoms with E-state index >= 15 is 0 Å². The van der Waals surface area contributed by atoms with Crippen molar-refractivity contribution in [2.75, 3.05) is 28.9 Å². The number of aromatic nitrogens is 4. The molecule has 0 saturated carbocycles. The van der Waals surface area contributed by atoms with Gasteiger partial charge in [0.15, 0.2) is 0 Å². The molecule has 1 aromatic carbocycles. The van der Waals surface area contributed by atoms with Gasteiger partial charge in [-0.2, -0.15) is 26.7 Å². The number of ether oxygens (including phenoxy) is 1. The van der Waals surface area contributed by atoms with Crippen LogP contribution in [0, 0.1) is 5.41 Å². The Morgan fingerprint density at radius 1 is 0.935 bits per heavy atom. The molecule has 1 N–H and O–H groups in total. The fourth-order valence-corrected chi connectivity index (χ4v) is 6.26. The van der Waals surface area contributed by atoms with E-state index in [1.807, 2.05) is 36.4 Å². The molecule has 0 amide bonds. The number of rotatable bonds is 6. The molecule has 14 heteroatoms. The second kappa shape index (κ2) is 14.4. The van der Waals surface area contributed by atoms with Crippen molar-refractivity contribution in [2.45, 2.75) is 71.6 Å². The highest BCUT2D eigenvalue weighted by Gasteiger charge is 2.48. The summed E-state index contributed by atoms with van der Waals surface area (Å²) in [6, 6.07) is 15.4. The molecule has 250 valence electrons. The fourth-order valence-electron chi connectivity index (χ4n) is 5.04. The van der Waals surface area contributed by atoms with E-state index in [0.29, 0.717) is 28.2 Å². The monoisotopic (exact) mass is 694 g/mol. The summed E-state index contributed by atoms with van der Waals surface area (Å²) >= 11 is 6.15. The quantitative estimate of drug-likeness (QED) is 0.197. The number of thiazole rings is 1. The van der Waals surface area contributed by atoms with E-state index in [0.717, 1.165) is 69.4 Å². The molecule has 1 aliphatic rings. The Bertz CT molecular complexity index is 1600. The van der Waals surface area contributed by atoms with Gasteiger partial charge in [-0.1, -0.05) is 67.3 Å². The highest BCUT2D eigenvalue weighted by molar-refractivity contribution is 7.82. The number of hydrogen-bond acceptors (Lipinski definition) is 9. The zero-order valence-corrected chi connectivity index (χ0v) is 29.1. The number of thiol groups is 1. The number of nitrogens with zero attached hydrogens (tertiary/aromatic N) is 6. The highest BCUT2D eigenvalue weighted by Crippen LogP contribution is 2.41. The van der Waals surface area contributed by atoms with Gasteiger partial charge in [0.1, 0.15) is 28.9 Å². The van der Waals surface area contributed by atoms with Crippen molar-refractivity contribution < 1.29 is 23.0 Å². The summed E-state index contributed by atoms with van der Waals surface area (Å²) in [7, 11) is 0. The lowest BCUT2D eigenvalue weighted by molar-refractivity contribution is -0.219. The number of fused-ring (bicyclic) bond motifs is 6. The second-order valence-corrected chi connectivity index (χ2v) is 14.0. The maximum Gasteiger partial charge on any atom is 0.397 e. The molecule has 0 radical (unpaired) electrons. The molecule has 0 saturated heterocycles. The Hall–Kier alpha value is -2.94. The van der Waals surface area contributed by atoms with Gasteiger partial charge in [-0.05, 0) is 64.7 Å². The number of hydrogen-bond donors (Lipinski definition) is 2. The third-order valence-electron chi connectivity index (χ3n) is 7.64. The van der Waals surface area contributed by atoms with Crippen LogP contribution in [0.3, 0.4) is 0 Å². The summed E-state index contributed by atoms with van der Waals surface area (Å²) in [6.45, 7) is 6.42. The van der Waals surface area contributed by atoms with E-state index in [9.17, 15) is 18.3 Å². The lowest BCUT2D eigenvalue weighted by atomic mass is 9.94. The van der Waals surface area contributed by atoms with E-state index < -0.39 is 23.8 Å². The molecular formula is C32H41F3N6O2S3. The Morgan fingerprint density at radius 3 is 2.39 bits per heavy atom. The number of halogens is 3. The molecular weight excluding hydrogens is 654 g/mol. The largest absolute Gasteiger partial charge is 0.476 e. The molecule has 5 rings (SSSR count). The number of aliphatic hydroxyl groups is 1. The number of β-amino-alcohol motifs (C(OH)–C–C–N with tert-alkyl or cyclic N) is 1. The van der Waals surface area contributed by atoms with Gasteiger partial charge >= 0.3 is 6.18 Å². The first kappa shape index (κ1) is 35.9. The van der Waals surface area contributed by atoms with Crippen LogP contribution in [0.1, 0.15) is 58.9 Å². The van der Waals surface area contributed by atoms with Gasteiger partial charge in [-0.25, -0.2) is 19.0 Å². The maximum absolute atomic E-state index is 13.4. The number of anilines is 3. The Balaban J connectivity index is 0.00000480. The van der Waals surface area contributed by atoms with Gasteiger partial charge in [-0.3, -0.25) is 0 Å². The molecule has 0 atom stereocenters. The molecule has 0 unspecified atom stereocenters. The fraction of sp³-hybridized carbons (Fsp3) is 0.469. The number of alkyl halides is 3. The number of pyridine rings is 1. The van der Waals surface area contributed by atoms with Crippen molar-refractivity contribution >= 4 is 54.4 Å². The smallest absolute Gasteiger partial charge is 0.397 e. The summed E-state index contributed by atoms with van der Waals surface area (Å²) in [5.74, 6) is 1.38.